The van der Waals surface area contributed by atoms with Crippen LogP contribution in [0.4, 0.5) is 5.69 Å². The van der Waals surface area contributed by atoms with Gasteiger partial charge in [0.25, 0.3) is 5.91 Å². The van der Waals surface area contributed by atoms with Crippen molar-refractivity contribution in [1.29, 1.82) is 0 Å². The van der Waals surface area contributed by atoms with Crippen LogP contribution in [0.2, 0.25) is 0 Å². The minimum Gasteiger partial charge on any atom is -0.486 e. The number of ether oxygens (including phenoxy) is 3. The Morgan fingerprint density at radius 1 is 0.968 bits per heavy atom. The smallest absolute Gasteiger partial charge is 0.306 e. The topological polar surface area (TPSA) is 104 Å². The number of hydrogen-bond donors (Lipinski definition) is 1. The highest BCUT2D eigenvalue weighted by atomic mass is 16.6. The zero-order valence-corrected chi connectivity index (χ0v) is 16.6. The highest BCUT2D eigenvalue weighted by Gasteiger charge is 2.17. The molecule has 0 atom stereocenters. The summed E-state index contributed by atoms with van der Waals surface area (Å²) in [4.78, 5) is 40.7. The van der Waals surface area contributed by atoms with Crippen LogP contribution in [0.15, 0.2) is 54.7 Å². The first kappa shape index (κ1) is 20.3. The number of pyridine rings is 1. The third-order valence-corrected chi connectivity index (χ3v) is 4.70. The molecule has 158 valence electrons. The van der Waals surface area contributed by atoms with Gasteiger partial charge in [-0.1, -0.05) is 6.07 Å². The Bertz CT molecular complexity index is 1140. The van der Waals surface area contributed by atoms with Crippen molar-refractivity contribution in [1.82, 2.24) is 4.98 Å². The van der Waals surface area contributed by atoms with E-state index in [2.05, 4.69) is 10.3 Å². The number of esters is 1. The van der Waals surface area contributed by atoms with E-state index in [1.54, 1.807) is 42.6 Å². The van der Waals surface area contributed by atoms with Gasteiger partial charge in [0.15, 0.2) is 23.9 Å². The fourth-order valence-corrected chi connectivity index (χ4v) is 3.19. The molecule has 3 aromatic rings. The molecule has 8 nitrogen and oxygen atoms in total. The third-order valence-electron chi connectivity index (χ3n) is 4.70. The van der Waals surface area contributed by atoms with Crippen LogP contribution in [0.25, 0.3) is 10.9 Å². The third kappa shape index (κ3) is 4.98. The number of hydrogen-bond acceptors (Lipinski definition) is 7. The molecule has 8 heteroatoms. The van der Waals surface area contributed by atoms with Crippen LogP contribution in [0.5, 0.6) is 11.5 Å². The molecule has 0 bridgehead atoms. The van der Waals surface area contributed by atoms with Crippen LogP contribution < -0.4 is 14.8 Å². The normalized spacial score (nSPS) is 12.3. The van der Waals surface area contributed by atoms with E-state index in [1.165, 1.54) is 0 Å². The van der Waals surface area contributed by atoms with E-state index in [9.17, 15) is 14.4 Å². The van der Waals surface area contributed by atoms with Crippen molar-refractivity contribution >= 4 is 34.3 Å². The number of carbonyl (C=O) groups excluding carboxylic acids is 3. The van der Waals surface area contributed by atoms with E-state index < -0.39 is 18.5 Å². The second-order valence-electron chi connectivity index (χ2n) is 6.87. The van der Waals surface area contributed by atoms with Gasteiger partial charge in [0.2, 0.25) is 0 Å². The highest BCUT2D eigenvalue weighted by Crippen LogP contribution is 2.31. The predicted octanol–water partition coefficient (Wildman–Crippen LogP) is 3.15. The second-order valence-corrected chi connectivity index (χ2v) is 6.87. The lowest BCUT2D eigenvalue weighted by Crippen LogP contribution is -2.21. The predicted molar refractivity (Wildman–Crippen MR) is 112 cm³/mol. The summed E-state index contributed by atoms with van der Waals surface area (Å²) >= 11 is 0. The molecule has 4 rings (SSSR count). The Kier molecular flexibility index (Phi) is 6.07. The van der Waals surface area contributed by atoms with Gasteiger partial charge in [-0.25, -0.2) is 0 Å². The number of carbonyl (C=O) groups is 3. The summed E-state index contributed by atoms with van der Waals surface area (Å²) in [6, 6.07) is 13.9. The number of anilines is 1. The van der Waals surface area contributed by atoms with Crippen LogP contribution in [-0.2, 0) is 14.3 Å². The van der Waals surface area contributed by atoms with Gasteiger partial charge >= 0.3 is 5.97 Å². The Balaban J connectivity index is 1.25. The van der Waals surface area contributed by atoms with E-state index in [0.29, 0.717) is 36.0 Å². The molecular weight excluding hydrogens is 400 g/mol. The first-order chi connectivity index (χ1) is 15.1. The van der Waals surface area contributed by atoms with E-state index in [0.717, 1.165) is 10.9 Å². The van der Waals surface area contributed by atoms with Crippen LogP contribution in [0.3, 0.4) is 0 Å². The van der Waals surface area contributed by atoms with E-state index in [-0.39, 0.29) is 18.6 Å². The number of Topliss-reactive ketones (excluding diaryl/α,β-unsaturated/α-hetero) is 1. The number of fused-ring (bicyclic) bond motifs is 2. The molecule has 1 amide bonds. The number of nitrogens with zero attached hydrogens (tertiary/aromatic N) is 1. The molecule has 1 aromatic heterocycles. The molecule has 0 spiro atoms. The van der Waals surface area contributed by atoms with Crippen molar-refractivity contribution in [3.8, 4) is 11.5 Å². The average molecular weight is 420 g/mol. The summed E-state index contributed by atoms with van der Waals surface area (Å²) in [7, 11) is 0. The molecule has 0 fully saturated rings. The molecule has 2 heterocycles. The maximum absolute atomic E-state index is 12.3. The van der Waals surface area contributed by atoms with Crippen molar-refractivity contribution < 1.29 is 28.6 Å². The molecule has 0 radical (unpaired) electrons. The zero-order chi connectivity index (χ0) is 21.6. The standard InChI is InChI=1S/C23H20N2O6/c26-19(15-6-8-20-21(13-15)30-12-11-29-20)7-9-23(28)31-14-22(27)25-18-5-1-4-17-16(18)3-2-10-24-17/h1-6,8,10,13H,7,9,11-12,14H2,(H,25,27). The first-order valence-corrected chi connectivity index (χ1v) is 9.82. The van der Waals surface area contributed by atoms with Crippen LogP contribution in [-0.4, -0.2) is 42.5 Å². The fraction of sp³-hybridized carbons (Fsp3) is 0.217. The lowest BCUT2D eigenvalue weighted by molar-refractivity contribution is -0.147. The van der Waals surface area contributed by atoms with Gasteiger partial charge in [0, 0.05) is 23.6 Å². The van der Waals surface area contributed by atoms with E-state index in [1.807, 2.05) is 12.1 Å². The molecular formula is C23H20N2O6. The minimum absolute atomic E-state index is 0.0327. The Hall–Kier alpha value is -3.94. The highest BCUT2D eigenvalue weighted by molar-refractivity contribution is 6.02. The first-order valence-electron chi connectivity index (χ1n) is 9.82. The van der Waals surface area contributed by atoms with E-state index in [4.69, 9.17) is 14.2 Å². The minimum atomic E-state index is -0.624. The van der Waals surface area contributed by atoms with Crippen molar-refractivity contribution in [3.05, 3.63) is 60.3 Å². The summed E-state index contributed by atoms with van der Waals surface area (Å²) < 4.78 is 15.9. The van der Waals surface area contributed by atoms with Gasteiger partial charge in [-0.05, 0) is 42.5 Å². The summed E-state index contributed by atoms with van der Waals surface area (Å²) in [6.07, 6.45) is 1.51. The van der Waals surface area contributed by atoms with Crippen molar-refractivity contribution in [2.24, 2.45) is 0 Å². The quantitative estimate of drug-likeness (QED) is 0.462. The Labute approximate surface area is 178 Å². The van der Waals surface area contributed by atoms with Gasteiger partial charge < -0.3 is 19.5 Å². The molecule has 1 aliphatic rings. The molecule has 31 heavy (non-hydrogen) atoms. The van der Waals surface area contributed by atoms with Crippen LogP contribution in [0.1, 0.15) is 23.2 Å². The molecule has 0 unspecified atom stereocenters. The molecule has 2 aromatic carbocycles. The van der Waals surface area contributed by atoms with Crippen molar-refractivity contribution in [3.63, 3.8) is 0 Å². The number of amides is 1. The maximum atomic E-state index is 12.3. The van der Waals surface area contributed by atoms with Gasteiger partial charge in [0.1, 0.15) is 13.2 Å². The summed E-state index contributed by atoms with van der Waals surface area (Å²) in [5.74, 6) is -0.208. The van der Waals surface area contributed by atoms with Crippen LogP contribution >= 0.6 is 0 Å². The Morgan fingerprint density at radius 3 is 2.68 bits per heavy atom. The van der Waals surface area contributed by atoms with Crippen molar-refractivity contribution in [2.45, 2.75) is 12.8 Å². The maximum Gasteiger partial charge on any atom is 0.306 e. The largest absolute Gasteiger partial charge is 0.486 e. The number of ketones is 1. The number of nitrogens with one attached hydrogen (secondary N) is 1. The second kappa shape index (κ2) is 9.25. The molecule has 1 aliphatic heterocycles. The van der Waals surface area contributed by atoms with E-state index >= 15 is 0 Å². The van der Waals surface area contributed by atoms with Gasteiger partial charge in [-0.3, -0.25) is 19.4 Å². The van der Waals surface area contributed by atoms with Gasteiger partial charge in [0.05, 0.1) is 17.6 Å². The lowest BCUT2D eigenvalue weighted by Gasteiger charge is -2.18. The Morgan fingerprint density at radius 2 is 1.81 bits per heavy atom. The summed E-state index contributed by atoms with van der Waals surface area (Å²) in [5.41, 5.74) is 1.76. The number of aromatic nitrogens is 1. The summed E-state index contributed by atoms with van der Waals surface area (Å²) in [5, 5.41) is 3.50. The van der Waals surface area contributed by atoms with Crippen molar-refractivity contribution in [2.75, 3.05) is 25.1 Å². The lowest BCUT2D eigenvalue weighted by atomic mass is 10.1. The van der Waals surface area contributed by atoms with Gasteiger partial charge in [-0.2, -0.15) is 0 Å². The molecule has 0 saturated carbocycles. The molecule has 0 saturated heterocycles. The summed E-state index contributed by atoms with van der Waals surface area (Å²) in [6.45, 7) is 0.457. The van der Waals surface area contributed by atoms with Gasteiger partial charge in [-0.15, -0.1) is 0 Å². The number of rotatable bonds is 7. The fourth-order valence-electron chi connectivity index (χ4n) is 3.19. The SMILES string of the molecule is O=C(COC(=O)CCC(=O)c1ccc2c(c1)OCCO2)Nc1cccc2ncccc12. The van der Waals surface area contributed by atoms with Crippen LogP contribution in [0, 0.1) is 0 Å². The zero-order valence-electron chi connectivity index (χ0n) is 16.6. The molecule has 1 N–H and O–H groups in total. The number of benzene rings is 2. The monoisotopic (exact) mass is 420 g/mol. The average Bonchev–Trinajstić information content (AvgIpc) is 2.81. The molecule has 0 aliphatic carbocycles.